The lowest BCUT2D eigenvalue weighted by Crippen LogP contribution is -2.12. The fourth-order valence-electron chi connectivity index (χ4n) is 1.42. The van der Waals surface area contributed by atoms with Crippen LogP contribution < -0.4 is 0 Å². The van der Waals surface area contributed by atoms with E-state index in [4.69, 9.17) is 0 Å². The minimum atomic E-state index is 0.310. The molecule has 0 spiro atoms. The Balaban J connectivity index is 2.22. The molecule has 0 N–H and O–H groups in total. The predicted octanol–water partition coefficient (Wildman–Crippen LogP) is 2.96. The summed E-state index contributed by atoms with van der Waals surface area (Å²) in [6.45, 7) is 7.84. The molecule has 1 unspecified atom stereocenters. The molecule has 0 aromatic carbocycles. The Kier molecular flexibility index (Phi) is 3.07. The summed E-state index contributed by atoms with van der Waals surface area (Å²) < 4.78 is 0. The zero-order chi connectivity index (χ0) is 9.14. The van der Waals surface area contributed by atoms with Gasteiger partial charge in [0.25, 0.3) is 0 Å². The molecule has 1 aliphatic carbocycles. The van der Waals surface area contributed by atoms with Crippen LogP contribution in [0.3, 0.4) is 0 Å². The number of Topliss-reactive ketones (excluding diaryl/α,β-unsaturated/α-hetero) is 1. The first-order valence-electron chi connectivity index (χ1n) is 4.78. The maximum atomic E-state index is 11.5. The predicted molar refractivity (Wildman–Crippen MR) is 50.9 cm³/mol. The van der Waals surface area contributed by atoms with Gasteiger partial charge in [0.1, 0.15) is 5.78 Å². The Hall–Kier alpha value is -0.590. The molecule has 0 heterocycles. The highest BCUT2D eigenvalue weighted by Gasteiger charge is 2.31. The van der Waals surface area contributed by atoms with Gasteiger partial charge in [0.15, 0.2) is 0 Å². The molecule has 0 aliphatic heterocycles. The van der Waals surface area contributed by atoms with E-state index in [9.17, 15) is 4.79 Å². The average Bonchev–Trinajstić information content (AvgIpc) is 2.80. The third kappa shape index (κ3) is 2.80. The Morgan fingerprint density at radius 2 is 2.08 bits per heavy atom. The van der Waals surface area contributed by atoms with Crippen molar-refractivity contribution in [1.82, 2.24) is 0 Å². The van der Waals surface area contributed by atoms with Gasteiger partial charge in [-0.1, -0.05) is 12.5 Å². The number of rotatable bonds is 5. The third-order valence-electron chi connectivity index (χ3n) is 2.64. The molecule has 0 saturated heterocycles. The number of hydrogen-bond acceptors (Lipinski definition) is 1. The minimum absolute atomic E-state index is 0.310. The van der Waals surface area contributed by atoms with Crippen LogP contribution in [0.25, 0.3) is 0 Å². The smallest absolute Gasteiger partial charge is 0.136 e. The first kappa shape index (κ1) is 9.50. The molecule has 0 amide bonds. The molecule has 1 aliphatic rings. The van der Waals surface area contributed by atoms with Crippen molar-refractivity contribution in [3.05, 3.63) is 12.2 Å². The standard InChI is InChI=1S/C11H18O/c1-8(2)4-7-11(12)9(3)10-5-6-10/h9-10H,1,4-7H2,2-3H3. The Morgan fingerprint density at radius 3 is 2.50 bits per heavy atom. The first-order chi connectivity index (χ1) is 5.61. The van der Waals surface area contributed by atoms with Gasteiger partial charge in [0, 0.05) is 12.3 Å². The maximum absolute atomic E-state index is 11.5. The first-order valence-corrected chi connectivity index (χ1v) is 4.78. The summed E-state index contributed by atoms with van der Waals surface area (Å²) in [5.41, 5.74) is 1.12. The maximum Gasteiger partial charge on any atom is 0.136 e. The second-order valence-electron chi connectivity index (χ2n) is 4.05. The quantitative estimate of drug-likeness (QED) is 0.574. The zero-order valence-electron chi connectivity index (χ0n) is 8.10. The third-order valence-corrected chi connectivity index (χ3v) is 2.64. The fraction of sp³-hybridized carbons (Fsp3) is 0.727. The van der Waals surface area contributed by atoms with Crippen molar-refractivity contribution in [3.63, 3.8) is 0 Å². The van der Waals surface area contributed by atoms with Crippen LogP contribution in [0, 0.1) is 11.8 Å². The number of carbonyl (C=O) groups is 1. The molecule has 1 rings (SSSR count). The lowest BCUT2D eigenvalue weighted by atomic mass is 9.96. The monoisotopic (exact) mass is 166 g/mol. The van der Waals surface area contributed by atoms with Crippen molar-refractivity contribution in [2.75, 3.05) is 0 Å². The normalized spacial score (nSPS) is 18.8. The van der Waals surface area contributed by atoms with Gasteiger partial charge >= 0.3 is 0 Å². The number of hydrogen-bond donors (Lipinski definition) is 0. The van der Waals surface area contributed by atoms with Crippen molar-refractivity contribution in [2.45, 2.75) is 39.5 Å². The van der Waals surface area contributed by atoms with E-state index in [1.54, 1.807) is 0 Å². The molecule has 0 aromatic heterocycles. The van der Waals surface area contributed by atoms with Gasteiger partial charge in [-0.2, -0.15) is 0 Å². The van der Waals surface area contributed by atoms with Gasteiger partial charge in [-0.05, 0) is 32.1 Å². The van der Waals surface area contributed by atoms with E-state index in [1.807, 2.05) is 6.92 Å². The molecule has 0 radical (unpaired) electrons. The SMILES string of the molecule is C=C(C)CCC(=O)C(C)C1CC1. The summed E-state index contributed by atoms with van der Waals surface area (Å²) in [6.07, 6.45) is 4.10. The van der Waals surface area contributed by atoms with Crippen molar-refractivity contribution in [1.29, 1.82) is 0 Å². The Bertz CT molecular complexity index is 189. The topological polar surface area (TPSA) is 17.1 Å². The average molecular weight is 166 g/mol. The molecular formula is C11H18O. The molecule has 12 heavy (non-hydrogen) atoms. The van der Waals surface area contributed by atoms with Gasteiger partial charge in [-0.3, -0.25) is 4.79 Å². The van der Waals surface area contributed by atoms with Crippen LogP contribution >= 0.6 is 0 Å². The molecule has 1 nitrogen and oxygen atoms in total. The van der Waals surface area contributed by atoms with Crippen molar-refractivity contribution < 1.29 is 4.79 Å². The molecule has 1 fully saturated rings. The number of ketones is 1. The molecular weight excluding hydrogens is 148 g/mol. The van der Waals surface area contributed by atoms with Gasteiger partial charge in [0.2, 0.25) is 0 Å². The van der Waals surface area contributed by atoms with Crippen LogP contribution in [0.2, 0.25) is 0 Å². The highest BCUT2D eigenvalue weighted by molar-refractivity contribution is 5.81. The molecule has 0 aromatic rings. The van der Waals surface area contributed by atoms with E-state index in [0.717, 1.165) is 12.0 Å². The van der Waals surface area contributed by atoms with Crippen molar-refractivity contribution >= 4 is 5.78 Å². The molecule has 68 valence electrons. The summed E-state index contributed by atoms with van der Waals surface area (Å²) in [4.78, 5) is 11.5. The van der Waals surface area contributed by atoms with Crippen LogP contribution in [0.5, 0.6) is 0 Å². The summed E-state index contributed by atoms with van der Waals surface area (Å²) >= 11 is 0. The van der Waals surface area contributed by atoms with Crippen LogP contribution in [0.15, 0.2) is 12.2 Å². The van der Waals surface area contributed by atoms with E-state index in [2.05, 4.69) is 13.5 Å². The van der Waals surface area contributed by atoms with Gasteiger partial charge in [-0.25, -0.2) is 0 Å². The van der Waals surface area contributed by atoms with Crippen molar-refractivity contribution in [3.8, 4) is 0 Å². The zero-order valence-corrected chi connectivity index (χ0v) is 8.10. The molecule has 0 bridgehead atoms. The van der Waals surface area contributed by atoms with E-state index < -0.39 is 0 Å². The summed E-state index contributed by atoms with van der Waals surface area (Å²) in [6, 6.07) is 0. The number of allylic oxidation sites excluding steroid dienone is 1. The Morgan fingerprint density at radius 1 is 1.50 bits per heavy atom. The lowest BCUT2D eigenvalue weighted by Gasteiger charge is -2.07. The van der Waals surface area contributed by atoms with E-state index >= 15 is 0 Å². The highest BCUT2D eigenvalue weighted by Crippen LogP contribution is 2.37. The molecule has 1 saturated carbocycles. The van der Waals surface area contributed by atoms with E-state index in [0.29, 0.717) is 24.0 Å². The van der Waals surface area contributed by atoms with Gasteiger partial charge in [0.05, 0.1) is 0 Å². The largest absolute Gasteiger partial charge is 0.299 e. The highest BCUT2D eigenvalue weighted by atomic mass is 16.1. The van der Waals surface area contributed by atoms with E-state index in [1.165, 1.54) is 12.8 Å². The lowest BCUT2D eigenvalue weighted by molar-refractivity contribution is -0.122. The second-order valence-corrected chi connectivity index (χ2v) is 4.05. The minimum Gasteiger partial charge on any atom is -0.299 e. The van der Waals surface area contributed by atoms with Crippen molar-refractivity contribution in [2.24, 2.45) is 11.8 Å². The molecule has 1 atom stereocenters. The fourth-order valence-corrected chi connectivity index (χ4v) is 1.42. The second kappa shape index (κ2) is 3.88. The van der Waals surface area contributed by atoms with Gasteiger partial charge in [-0.15, -0.1) is 6.58 Å². The Labute approximate surface area is 74.9 Å². The summed E-state index contributed by atoms with van der Waals surface area (Å²) in [5.74, 6) is 1.45. The summed E-state index contributed by atoms with van der Waals surface area (Å²) in [5, 5.41) is 0. The van der Waals surface area contributed by atoms with Crippen LogP contribution in [0.4, 0.5) is 0 Å². The summed E-state index contributed by atoms with van der Waals surface area (Å²) in [7, 11) is 0. The number of carbonyl (C=O) groups excluding carboxylic acids is 1. The van der Waals surface area contributed by atoms with Gasteiger partial charge < -0.3 is 0 Å². The molecule has 1 heteroatoms. The van der Waals surface area contributed by atoms with Crippen LogP contribution in [0.1, 0.15) is 39.5 Å². The van der Waals surface area contributed by atoms with Crippen LogP contribution in [-0.2, 0) is 4.79 Å². The van der Waals surface area contributed by atoms with Crippen LogP contribution in [-0.4, -0.2) is 5.78 Å². The van der Waals surface area contributed by atoms with E-state index in [-0.39, 0.29) is 0 Å².